The Morgan fingerprint density at radius 2 is 1.71 bits per heavy atom. The van der Waals surface area contributed by atoms with Crippen LogP contribution < -0.4 is 5.73 Å². The van der Waals surface area contributed by atoms with E-state index in [1.807, 2.05) is 0 Å². The number of halogens is 3. The Labute approximate surface area is 167 Å². The van der Waals surface area contributed by atoms with E-state index in [0.29, 0.717) is 17.9 Å². The molecule has 0 atom stereocenters. The summed E-state index contributed by atoms with van der Waals surface area (Å²) in [6.45, 7) is 0. The van der Waals surface area contributed by atoms with Crippen molar-refractivity contribution in [3.8, 4) is 0 Å². The van der Waals surface area contributed by atoms with Gasteiger partial charge in [0, 0.05) is 17.0 Å². The van der Waals surface area contributed by atoms with Crippen LogP contribution in [0.25, 0.3) is 0 Å². The van der Waals surface area contributed by atoms with E-state index < -0.39 is 32.1 Å². The third-order valence-corrected chi connectivity index (χ3v) is 8.26. The molecule has 0 aromatic heterocycles. The minimum absolute atomic E-state index is 0.00564. The summed E-state index contributed by atoms with van der Waals surface area (Å²) < 4.78 is 54.2. The molecule has 2 aromatic rings. The second kappa shape index (κ2) is 7.79. The summed E-state index contributed by atoms with van der Waals surface area (Å²) in [6.07, 6.45) is 1.01. The van der Waals surface area contributed by atoms with Crippen molar-refractivity contribution in [3.05, 3.63) is 64.7 Å². The number of carbonyl (C=O) groups excluding carboxylic acids is 1. The van der Waals surface area contributed by atoms with Gasteiger partial charge >= 0.3 is 0 Å². The van der Waals surface area contributed by atoms with Crippen LogP contribution in [-0.2, 0) is 19.4 Å². The van der Waals surface area contributed by atoms with Crippen LogP contribution in [0.4, 0.5) is 8.78 Å². The molecule has 150 valence electrons. The third-order valence-electron chi connectivity index (χ3n) is 5.46. The second-order valence-corrected chi connectivity index (χ2v) is 9.89. The number of rotatable bonds is 5. The van der Waals surface area contributed by atoms with E-state index in [1.54, 1.807) is 0 Å². The first-order valence-corrected chi connectivity index (χ1v) is 10.8. The molecule has 1 aliphatic carbocycles. The average Bonchev–Trinajstić information content (AvgIpc) is 2.64. The van der Waals surface area contributed by atoms with Crippen LogP contribution in [0.15, 0.2) is 47.4 Å². The number of hydrogen-bond acceptors (Lipinski definition) is 3. The van der Waals surface area contributed by atoms with E-state index in [2.05, 4.69) is 0 Å². The summed E-state index contributed by atoms with van der Waals surface area (Å²) in [5, 5.41) is 0.370. The Morgan fingerprint density at radius 1 is 1.11 bits per heavy atom. The molecule has 0 saturated heterocycles. The van der Waals surface area contributed by atoms with Crippen molar-refractivity contribution >= 4 is 27.3 Å². The number of nitrogens with two attached hydrogens (primary N) is 1. The van der Waals surface area contributed by atoms with Gasteiger partial charge in [-0.15, -0.1) is 0 Å². The molecule has 0 unspecified atom stereocenters. The molecule has 3 rings (SSSR count). The lowest BCUT2D eigenvalue weighted by Gasteiger charge is -2.40. The zero-order valence-corrected chi connectivity index (χ0v) is 16.6. The van der Waals surface area contributed by atoms with Crippen LogP contribution in [-0.4, -0.2) is 14.3 Å². The van der Waals surface area contributed by atoms with Gasteiger partial charge in [-0.2, -0.15) is 0 Å². The summed E-state index contributed by atoms with van der Waals surface area (Å²) in [6, 6.07) is 8.49. The molecule has 1 amide bonds. The normalized spacial score (nSPS) is 22.8. The zero-order chi connectivity index (χ0) is 20.5. The lowest BCUT2D eigenvalue weighted by molar-refractivity contribution is -0.119. The van der Waals surface area contributed by atoms with Gasteiger partial charge in [-0.1, -0.05) is 11.6 Å². The van der Waals surface area contributed by atoms with Gasteiger partial charge in [0.25, 0.3) is 0 Å². The summed E-state index contributed by atoms with van der Waals surface area (Å²) in [7, 11) is -4.07. The first-order chi connectivity index (χ1) is 13.2. The lowest BCUT2D eigenvalue weighted by atomic mass is 9.76. The van der Waals surface area contributed by atoms with E-state index in [0.717, 1.165) is 18.2 Å². The largest absolute Gasteiger partial charge is 0.370 e. The number of benzene rings is 2. The molecule has 2 aromatic carbocycles. The van der Waals surface area contributed by atoms with Crippen LogP contribution in [0.3, 0.4) is 0 Å². The molecule has 4 nitrogen and oxygen atoms in total. The van der Waals surface area contributed by atoms with Gasteiger partial charge in [-0.3, -0.25) is 4.79 Å². The number of carbonyl (C=O) groups is 1. The molecule has 0 aliphatic heterocycles. The molecular weight excluding hydrogens is 408 g/mol. The topological polar surface area (TPSA) is 77.2 Å². The van der Waals surface area contributed by atoms with E-state index in [4.69, 9.17) is 17.3 Å². The fourth-order valence-electron chi connectivity index (χ4n) is 4.00. The maximum Gasteiger partial charge on any atom is 0.217 e. The number of amides is 1. The SMILES string of the molecule is NC(=O)CC1CCC(c2cc(F)ccc2F)(S(=O)(=O)c2ccc(Cl)cc2)CC1. The van der Waals surface area contributed by atoms with Crippen LogP contribution >= 0.6 is 11.6 Å². The maximum absolute atomic E-state index is 14.7. The molecule has 2 N–H and O–H groups in total. The minimum Gasteiger partial charge on any atom is -0.370 e. The van der Waals surface area contributed by atoms with Gasteiger partial charge < -0.3 is 5.73 Å². The number of hydrogen-bond donors (Lipinski definition) is 1. The summed E-state index contributed by atoms with van der Waals surface area (Å²) in [5.41, 5.74) is 5.08. The molecule has 1 saturated carbocycles. The predicted octanol–water partition coefficient (Wildman–Crippen LogP) is 4.35. The fourth-order valence-corrected chi connectivity index (χ4v) is 6.29. The van der Waals surface area contributed by atoms with E-state index in [1.165, 1.54) is 24.3 Å². The van der Waals surface area contributed by atoms with Crippen molar-refractivity contribution in [2.75, 3.05) is 0 Å². The average molecular weight is 428 g/mol. The highest BCUT2D eigenvalue weighted by Gasteiger charge is 2.50. The first kappa shape index (κ1) is 20.7. The lowest BCUT2D eigenvalue weighted by Crippen LogP contribution is -2.41. The highest BCUT2D eigenvalue weighted by Crippen LogP contribution is 2.49. The van der Waals surface area contributed by atoms with Crippen molar-refractivity contribution in [1.82, 2.24) is 0 Å². The fraction of sp³-hybridized carbons (Fsp3) is 0.350. The Bertz CT molecular complexity index is 985. The van der Waals surface area contributed by atoms with Gasteiger partial charge in [-0.25, -0.2) is 17.2 Å². The Hall–Kier alpha value is -1.99. The highest BCUT2D eigenvalue weighted by molar-refractivity contribution is 7.92. The molecule has 0 heterocycles. The van der Waals surface area contributed by atoms with Crippen molar-refractivity contribution in [1.29, 1.82) is 0 Å². The van der Waals surface area contributed by atoms with Gasteiger partial charge in [-0.05, 0) is 74.1 Å². The van der Waals surface area contributed by atoms with Crippen LogP contribution in [0.5, 0.6) is 0 Å². The molecule has 8 heteroatoms. The smallest absolute Gasteiger partial charge is 0.217 e. The van der Waals surface area contributed by atoms with Gasteiger partial charge in [0.2, 0.25) is 5.91 Å². The first-order valence-electron chi connectivity index (χ1n) is 8.90. The Morgan fingerprint density at radius 3 is 2.29 bits per heavy atom. The van der Waals surface area contributed by atoms with Crippen LogP contribution in [0, 0.1) is 17.6 Å². The third kappa shape index (κ3) is 3.78. The van der Waals surface area contributed by atoms with Crippen molar-refractivity contribution in [2.45, 2.75) is 41.7 Å². The molecule has 1 aliphatic rings. The van der Waals surface area contributed by atoms with Crippen molar-refractivity contribution in [3.63, 3.8) is 0 Å². The maximum atomic E-state index is 14.7. The van der Waals surface area contributed by atoms with E-state index in [9.17, 15) is 22.0 Å². The highest BCUT2D eigenvalue weighted by atomic mass is 35.5. The summed E-state index contributed by atoms with van der Waals surface area (Å²) in [5.74, 6) is -2.02. The summed E-state index contributed by atoms with van der Waals surface area (Å²) in [4.78, 5) is 11.2. The summed E-state index contributed by atoms with van der Waals surface area (Å²) >= 11 is 5.86. The Balaban J connectivity index is 2.12. The monoisotopic (exact) mass is 427 g/mol. The zero-order valence-electron chi connectivity index (χ0n) is 15.0. The van der Waals surface area contributed by atoms with E-state index >= 15 is 0 Å². The van der Waals surface area contributed by atoms with Gasteiger partial charge in [0.1, 0.15) is 16.4 Å². The van der Waals surface area contributed by atoms with Gasteiger partial charge in [0.15, 0.2) is 9.84 Å². The molecule has 0 radical (unpaired) electrons. The second-order valence-electron chi connectivity index (χ2n) is 7.19. The van der Waals surface area contributed by atoms with Crippen LogP contribution in [0.2, 0.25) is 5.02 Å². The molecule has 0 bridgehead atoms. The number of primary amides is 1. The van der Waals surface area contributed by atoms with Crippen LogP contribution in [0.1, 0.15) is 37.7 Å². The standard InChI is InChI=1S/C20H20ClF2NO3S/c21-14-1-4-16(5-2-14)28(26,27)20(17-12-15(22)3-6-18(17)23)9-7-13(8-10-20)11-19(24)25/h1-6,12-13H,7-11H2,(H2,24,25). The molecule has 1 fully saturated rings. The van der Waals surface area contributed by atoms with Gasteiger partial charge in [0.05, 0.1) is 4.90 Å². The number of sulfone groups is 1. The molecule has 28 heavy (non-hydrogen) atoms. The Kier molecular flexibility index (Phi) is 5.77. The quantitative estimate of drug-likeness (QED) is 0.770. The van der Waals surface area contributed by atoms with Crippen molar-refractivity contribution < 1.29 is 22.0 Å². The minimum atomic E-state index is -4.07. The van der Waals surface area contributed by atoms with Crippen molar-refractivity contribution in [2.24, 2.45) is 11.7 Å². The molecular formula is C20H20ClF2NO3S. The molecule has 0 spiro atoms. The van der Waals surface area contributed by atoms with E-state index in [-0.39, 0.29) is 35.6 Å². The predicted molar refractivity (Wildman–Crippen MR) is 102 cm³/mol.